The minimum absolute atomic E-state index is 0.154. The number of pyridine rings is 1. The SMILES string of the molecule is C#Cc1cncc(N2CCCC2=O)c1. The fourth-order valence-electron chi connectivity index (χ4n) is 1.58. The van der Waals surface area contributed by atoms with E-state index in [4.69, 9.17) is 6.42 Å². The van der Waals surface area contributed by atoms with E-state index < -0.39 is 0 Å². The fourth-order valence-corrected chi connectivity index (χ4v) is 1.58. The van der Waals surface area contributed by atoms with Crippen LogP contribution in [0.1, 0.15) is 18.4 Å². The molecular formula is C11H10N2O. The van der Waals surface area contributed by atoms with Gasteiger partial charge in [-0.05, 0) is 12.5 Å². The molecule has 0 N–H and O–H groups in total. The molecular weight excluding hydrogens is 176 g/mol. The van der Waals surface area contributed by atoms with Gasteiger partial charge in [0.25, 0.3) is 0 Å². The molecule has 2 heterocycles. The lowest BCUT2D eigenvalue weighted by atomic mass is 10.2. The first-order valence-corrected chi connectivity index (χ1v) is 4.53. The van der Waals surface area contributed by atoms with E-state index in [2.05, 4.69) is 10.9 Å². The highest BCUT2D eigenvalue weighted by Crippen LogP contribution is 2.20. The van der Waals surface area contributed by atoms with Crippen molar-refractivity contribution in [1.29, 1.82) is 0 Å². The van der Waals surface area contributed by atoms with Crippen molar-refractivity contribution in [2.24, 2.45) is 0 Å². The van der Waals surface area contributed by atoms with Crippen LogP contribution in [0, 0.1) is 12.3 Å². The Kier molecular flexibility index (Phi) is 2.19. The molecule has 1 saturated heterocycles. The van der Waals surface area contributed by atoms with E-state index in [0.29, 0.717) is 12.0 Å². The van der Waals surface area contributed by atoms with E-state index >= 15 is 0 Å². The molecule has 3 nitrogen and oxygen atoms in total. The number of rotatable bonds is 1. The lowest BCUT2D eigenvalue weighted by Gasteiger charge is -2.14. The number of carbonyl (C=O) groups is 1. The Bertz CT molecular complexity index is 406. The van der Waals surface area contributed by atoms with E-state index in [1.54, 1.807) is 17.3 Å². The van der Waals surface area contributed by atoms with Crippen LogP contribution in [0.15, 0.2) is 18.5 Å². The molecule has 0 aliphatic carbocycles. The first-order chi connectivity index (χ1) is 6.81. The number of nitrogens with zero attached hydrogens (tertiary/aromatic N) is 2. The normalized spacial score (nSPS) is 15.6. The van der Waals surface area contributed by atoms with Gasteiger partial charge in [0.2, 0.25) is 5.91 Å². The molecule has 1 amide bonds. The molecule has 3 heteroatoms. The summed E-state index contributed by atoms with van der Waals surface area (Å²) < 4.78 is 0. The van der Waals surface area contributed by atoms with Crippen molar-refractivity contribution >= 4 is 11.6 Å². The Morgan fingerprint density at radius 2 is 2.36 bits per heavy atom. The van der Waals surface area contributed by atoms with E-state index in [9.17, 15) is 4.79 Å². The van der Waals surface area contributed by atoms with Gasteiger partial charge in [-0.3, -0.25) is 9.78 Å². The van der Waals surface area contributed by atoms with Gasteiger partial charge >= 0.3 is 0 Å². The number of terminal acetylenes is 1. The Balaban J connectivity index is 2.32. The molecule has 0 unspecified atom stereocenters. The van der Waals surface area contributed by atoms with Crippen molar-refractivity contribution < 1.29 is 4.79 Å². The fraction of sp³-hybridized carbons (Fsp3) is 0.273. The number of hydrogen-bond acceptors (Lipinski definition) is 2. The predicted octanol–water partition coefficient (Wildman–Crippen LogP) is 1.19. The maximum atomic E-state index is 11.4. The molecule has 70 valence electrons. The summed E-state index contributed by atoms with van der Waals surface area (Å²) in [5.41, 5.74) is 1.52. The Morgan fingerprint density at radius 1 is 1.50 bits per heavy atom. The van der Waals surface area contributed by atoms with Gasteiger partial charge in [0, 0.05) is 24.7 Å². The molecule has 0 radical (unpaired) electrons. The molecule has 0 saturated carbocycles. The summed E-state index contributed by atoms with van der Waals surface area (Å²) >= 11 is 0. The van der Waals surface area contributed by atoms with Gasteiger partial charge in [0.1, 0.15) is 0 Å². The molecule has 0 aromatic carbocycles. The molecule has 0 spiro atoms. The number of amides is 1. The maximum absolute atomic E-state index is 11.4. The van der Waals surface area contributed by atoms with Crippen LogP contribution in [0.5, 0.6) is 0 Å². The highest BCUT2D eigenvalue weighted by atomic mass is 16.2. The van der Waals surface area contributed by atoms with Crippen molar-refractivity contribution in [2.75, 3.05) is 11.4 Å². The Labute approximate surface area is 82.8 Å². The van der Waals surface area contributed by atoms with Gasteiger partial charge in [-0.15, -0.1) is 6.42 Å². The largest absolute Gasteiger partial charge is 0.311 e. The standard InChI is InChI=1S/C11H10N2O/c1-2-9-6-10(8-12-7-9)13-5-3-4-11(13)14/h1,6-8H,3-5H2. The molecule has 1 aromatic heterocycles. The summed E-state index contributed by atoms with van der Waals surface area (Å²) in [6.07, 6.45) is 10.1. The first kappa shape index (κ1) is 8.76. The average Bonchev–Trinajstić information content (AvgIpc) is 2.65. The van der Waals surface area contributed by atoms with Crippen molar-refractivity contribution in [3.8, 4) is 12.3 Å². The quantitative estimate of drug-likeness (QED) is 0.617. The Hall–Kier alpha value is -1.82. The molecule has 1 aliphatic heterocycles. The van der Waals surface area contributed by atoms with Crippen LogP contribution in [-0.4, -0.2) is 17.4 Å². The van der Waals surface area contributed by atoms with Crippen LogP contribution in [-0.2, 0) is 4.79 Å². The van der Waals surface area contributed by atoms with Gasteiger partial charge < -0.3 is 4.90 Å². The zero-order valence-electron chi connectivity index (χ0n) is 7.73. The van der Waals surface area contributed by atoms with Gasteiger partial charge in [-0.25, -0.2) is 0 Å². The van der Waals surface area contributed by atoms with Crippen molar-refractivity contribution in [2.45, 2.75) is 12.8 Å². The number of anilines is 1. The zero-order chi connectivity index (χ0) is 9.97. The average molecular weight is 186 g/mol. The molecule has 2 rings (SSSR count). The summed E-state index contributed by atoms with van der Waals surface area (Å²) in [6, 6.07) is 1.82. The monoisotopic (exact) mass is 186 g/mol. The van der Waals surface area contributed by atoms with Crippen LogP contribution in [0.4, 0.5) is 5.69 Å². The summed E-state index contributed by atoms with van der Waals surface area (Å²) in [5, 5.41) is 0. The van der Waals surface area contributed by atoms with Crippen LogP contribution in [0.2, 0.25) is 0 Å². The topological polar surface area (TPSA) is 33.2 Å². The maximum Gasteiger partial charge on any atom is 0.227 e. The molecule has 14 heavy (non-hydrogen) atoms. The smallest absolute Gasteiger partial charge is 0.227 e. The van der Waals surface area contributed by atoms with Crippen molar-refractivity contribution in [3.05, 3.63) is 24.0 Å². The minimum Gasteiger partial charge on any atom is -0.311 e. The first-order valence-electron chi connectivity index (χ1n) is 4.53. The summed E-state index contributed by atoms with van der Waals surface area (Å²) in [7, 11) is 0. The second kappa shape index (κ2) is 3.51. The van der Waals surface area contributed by atoms with E-state index in [0.717, 1.165) is 18.7 Å². The zero-order valence-corrected chi connectivity index (χ0v) is 7.73. The highest BCUT2D eigenvalue weighted by Gasteiger charge is 2.21. The van der Waals surface area contributed by atoms with Gasteiger partial charge in [0.05, 0.1) is 11.9 Å². The summed E-state index contributed by atoms with van der Waals surface area (Å²) in [4.78, 5) is 17.1. The molecule has 1 aromatic rings. The molecule has 1 fully saturated rings. The number of aromatic nitrogens is 1. The second-order valence-corrected chi connectivity index (χ2v) is 3.23. The molecule has 1 aliphatic rings. The summed E-state index contributed by atoms with van der Waals surface area (Å²) in [6.45, 7) is 0.772. The van der Waals surface area contributed by atoms with Crippen molar-refractivity contribution in [1.82, 2.24) is 4.98 Å². The van der Waals surface area contributed by atoms with Crippen LogP contribution in [0.25, 0.3) is 0 Å². The molecule has 0 atom stereocenters. The van der Waals surface area contributed by atoms with Crippen LogP contribution in [0.3, 0.4) is 0 Å². The van der Waals surface area contributed by atoms with E-state index in [1.165, 1.54) is 0 Å². The van der Waals surface area contributed by atoms with Crippen LogP contribution < -0.4 is 4.90 Å². The number of hydrogen-bond donors (Lipinski definition) is 0. The molecule has 0 bridgehead atoms. The van der Waals surface area contributed by atoms with Gasteiger partial charge in [-0.2, -0.15) is 0 Å². The lowest BCUT2D eigenvalue weighted by molar-refractivity contribution is -0.117. The second-order valence-electron chi connectivity index (χ2n) is 3.23. The highest BCUT2D eigenvalue weighted by molar-refractivity contribution is 5.95. The Morgan fingerprint density at radius 3 is 3.00 bits per heavy atom. The third-order valence-corrected chi connectivity index (χ3v) is 2.28. The van der Waals surface area contributed by atoms with Crippen molar-refractivity contribution in [3.63, 3.8) is 0 Å². The van der Waals surface area contributed by atoms with Crippen LogP contribution >= 0.6 is 0 Å². The van der Waals surface area contributed by atoms with Gasteiger partial charge in [-0.1, -0.05) is 5.92 Å². The third kappa shape index (κ3) is 1.47. The minimum atomic E-state index is 0.154. The van der Waals surface area contributed by atoms with E-state index in [-0.39, 0.29) is 5.91 Å². The lowest BCUT2D eigenvalue weighted by Crippen LogP contribution is -2.23. The third-order valence-electron chi connectivity index (χ3n) is 2.28. The predicted molar refractivity (Wildman–Crippen MR) is 53.8 cm³/mol. The summed E-state index contributed by atoms with van der Waals surface area (Å²) in [5.74, 6) is 2.66. The van der Waals surface area contributed by atoms with E-state index in [1.807, 2.05) is 6.07 Å². The van der Waals surface area contributed by atoms with Gasteiger partial charge in [0.15, 0.2) is 0 Å². The number of carbonyl (C=O) groups excluding carboxylic acids is 1.